The molecule has 12 heteroatoms. The van der Waals surface area contributed by atoms with Gasteiger partial charge in [0, 0.05) is 113 Å². The number of anilines is 1. The van der Waals surface area contributed by atoms with Crippen molar-refractivity contribution < 1.29 is 19.1 Å². The number of carbonyl (C=O) groups is 3. The number of hydrogen-bond acceptors (Lipinski definition) is 7. The molecule has 0 saturated carbocycles. The number of carbonyl (C=O) groups excluding carboxylic acids is 3. The number of amides is 3. The highest BCUT2D eigenvalue weighted by Gasteiger charge is 2.52. The van der Waals surface area contributed by atoms with Gasteiger partial charge in [-0.1, -0.05) is 71.7 Å². The number of ether oxygens (including phenoxy) is 1. The lowest BCUT2D eigenvalue weighted by Gasteiger charge is -2.60. The van der Waals surface area contributed by atoms with Crippen molar-refractivity contribution in [3.8, 4) is 28.3 Å². The summed E-state index contributed by atoms with van der Waals surface area (Å²) < 4.78 is 5.75. The van der Waals surface area contributed by atoms with Gasteiger partial charge in [0.25, 0.3) is 5.91 Å². The highest BCUT2D eigenvalue weighted by atomic mass is 35.5. The molecule has 0 unspecified atom stereocenters. The van der Waals surface area contributed by atoms with E-state index < -0.39 is 0 Å². The second-order valence-corrected chi connectivity index (χ2v) is 15.6. The van der Waals surface area contributed by atoms with Crippen molar-refractivity contribution in [3.63, 3.8) is 0 Å². The summed E-state index contributed by atoms with van der Waals surface area (Å²) in [6.07, 6.45) is 0. The maximum Gasteiger partial charge on any atom is 0.258 e. The highest BCUT2D eigenvalue weighted by molar-refractivity contribution is 6.39. The minimum absolute atomic E-state index is 0.0870. The first-order chi connectivity index (χ1) is 25.5. The summed E-state index contributed by atoms with van der Waals surface area (Å²) in [5, 5.41) is 0.950. The van der Waals surface area contributed by atoms with Crippen molar-refractivity contribution in [1.82, 2.24) is 24.6 Å². The molecule has 3 amide bonds. The maximum absolute atomic E-state index is 13.7. The molecule has 274 valence electrons. The van der Waals surface area contributed by atoms with E-state index in [1.54, 1.807) is 25.9 Å². The van der Waals surface area contributed by atoms with Gasteiger partial charge in [-0.15, -0.1) is 0 Å². The summed E-state index contributed by atoms with van der Waals surface area (Å²) in [6.45, 7) is 11.8. The Kier molecular flexibility index (Phi) is 9.43. The molecule has 0 bridgehead atoms. The Morgan fingerprint density at radius 3 is 2.13 bits per heavy atom. The number of pyridine rings is 1. The Balaban J connectivity index is 0.981. The van der Waals surface area contributed by atoms with E-state index >= 15 is 0 Å². The van der Waals surface area contributed by atoms with Crippen LogP contribution in [0.15, 0.2) is 66.7 Å². The Morgan fingerprint density at radius 1 is 0.755 bits per heavy atom. The minimum Gasteiger partial charge on any atom is -0.481 e. The quantitative estimate of drug-likeness (QED) is 0.211. The summed E-state index contributed by atoms with van der Waals surface area (Å²) in [5.74, 6) is 0.724. The standard InChI is InChI=1S/C41H42Cl2N6O4/c1-26(50)47-16-14-45(15-17-47)19-28-10-12-31-30(18-28)21-49(40(31)52)36-9-5-7-33(38(36)43)32-6-4-8-34(37(32)42)35-13-11-29(39(44-35)53-3)20-46-22-41(23-46)24-48(25-41)27(2)51/h4-13,18H,14-17,19-25H2,1-3H3. The summed E-state index contributed by atoms with van der Waals surface area (Å²) in [4.78, 5) is 52.2. The Labute approximate surface area is 319 Å². The van der Waals surface area contributed by atoms with E-state index in [1.165, 1.54) is 0 Å². The van der Waals surface area contributed by atoms with Crippen LogP contribution in [0.4, 0.5) is 5.69 Å². The molecule has 4 aliphatic rings. The lowest BCUT2D eigenvalue weighted by Crippen LogP contribution is -2.72. The van der Waals surface area contributed by atoms with Crippen molar-refractivity contribution in [2.75, 3.05) is 64.4 Å². The molecule has 10 nitrogen and oxygen atoms in total. The summed E-state index contributed by atoms with van der Waals surface area (Å²) >= 11 is 14.3. The maximum atomic E-state index is 13.7. The van der Waals surface area contributed by atoms with Crippen LogP contribution in [-0.2, 0) is 29.2 Å². The van der Waals surface area contributed by atoms with E-state index in [0.29, 0.717) is 46.0 Å². The van der Waals surface area contributed by atoms with E-state index in [1.807, 2.05) is 70.5 Å². The van der Waals surface area contributed by atoms with Crippen molar-refractivity contribution in [2.24, 2.45) is 5.41 Å². The molecule has 0 N–H and O–H groups in total. The fourth-order valence-corrected chi connectivity index (χ4v) is 9.03. The predicted octanol–water partition coefficient (Wildman–Crippen LogP) is 6.22. The number of hydrogen-bond donors (Lipinski definition) is 0. The van der Waals surface area contributed by atoms with Crippen LogP contribution >= 0.6 is 23.2 Å². The first-order valence-corrected chi connectivity index (χ1v) is 18.8. The van der Waals surface area contributed by atoms with Gasteiger partial charge in [-0.05, 0) is 29.3 Å². The number of rotatable bonds is 8. The fraction of sp³-hybridized carbons (Fsp3) is 0.366. The van der Waals surface area contributed by atoms with Gasteiger partial charge in [0.15, 0.2) is 0 Å². The number of piperazine rings is 1. The SMILES string of the molecule is COc1nc(-c2cccc(-c3cccc(N4Cc5cc(CN6CCN(C(C)=O)CC6)ccc5C4=O)c3Cl)c2Cl)ccc1CN1CC2(C1)CN(C(C)=O)C2. The van der Waals surface area contributed by atoms with Crippen molar-refractivity contribution >= 4 is 46.6 Å². The monoisotopic (exact) mass is 752 g/mol. The zero-order valence-electron chi connectivity index (χ0n) is 30.2. The summed E-state index contributed by atoms with van der Waals surface area (Å²) in [7, 11) is 1.63. The first kappa shape index (κ1) is 35.5. The van der Waals surface area contributed by atoms with Gasteiger partial charge in [-0.2, -0.15) is 0 Å². The van der Waals surface area contributed by atoms with Gasteiger partial charge in [-0.3, -0.25) is 24.2 Å². The number of fused-ring (bicyclic) bond motifs is 1. The van der Waals surface area contributed by atoms with E-state index in [9.17, 15) is 14.4 Å². The number of methoxy groups -OCH3 is 1. The van der Waals surface area contributed by atoms with Gasteiger partial charge in [-0.25, -0.2) is 4.98 Å². The van der Waals surface area contributed by atoms with E-state index in [2.05, 4.69) is 15.9 Å². The Morgan fingerprint density at radius 2 is 1.43 bits per heavy atom. The normalized spacial score (nSPS) is 18.2. The molecule has 0 atom stereocenters. The van der Waals surface area contributed by atoms with Crippen LogP contribution in [0.3, 0.4) is 0 Å². The zero-order chi connectivity index (χ0) is 37.0. The molecule has 4 aromatic rings. The van der Waals surface area contributed by atoms with Crippen LogP contribution in [0, 0.1) is 5.41 Å². The van der Waals surface area contributed by atoms with Crippen LogP contribution in [0.5, 0.6) is 5.88 Å². The van der Waals surface area contributed by atoms with Gasteiger partial charge in [0.1, 0.15) is 0 Å². The number of likely N-dealkylation sites (tertiary alicyclic amines) is 2. The smallest absolute Gasteiger partial charge is 0.258 e. The number of halogens is 2. The molecule has 3 fully saturated rings. The lowest BCUT2D eigenvalue weighted by molar-refractivity contribution is -0.157. The predicted molar refractivity (Wildman–Crippen MR) is 206 cm³/mol. The lowest BCUT2D eigenvalue weighted by atomic mass is 9.72. The van der Waals surface area contributed by atoms with Crippen molar-refractivity contribution in [1.29, 1.82) is 0 Å². The van der Waals surface area contributed by atoms with Gasteiger partial charge in [0.05, 0.1) is 35.1 Å². The largest absolute Gasteiger partial charge is 0.481 e. The van der Waals surface area contributed by atoms with Crippen LogP contribution in [0.2, 0.25) is 10.0 Å². The molecule has 3 aromatic carbocycles. The van der Waals surface area contributed by atoms with Crippen LogP contribution in [-0.4, -0.2) is 102 Å². The molecular weight excluding hydrogens is 711 g/mol. The third-order valence-electron chi connectivity index (χ3n) is 11.2. The number of benzene rings is 3. The van der Waals surface area contributed by atoms with E-state index in [4.69, 9.17) is 32.9 Å². The highest BCUT2D eigenvalue weighted by Crippen LogP contribution is 2.44. The molecule has 53 heavy (non-hydrogen) atoms. The third kappa shape index (κ3) is 6.67. The Hall–Kier alpha value is -4.48. The van der Waals surface area contributed by atoms with E-state index in [0.717, 1.165) is 92.3 Å². The van der Waals surface area contributed by atoms with Crippen molar-refractivity contribution in [3.05, 3.63) is 99.0 Å². The first-order valence-electron chi connectivity index (χ1n) is 18.0. The molecule has 5 heterocycles. The van der Waals surface area contributed by atoms with Crippen molar-refractivity contribution in [2.45, 2.75) is 33.5 Å². The van der Waals surface area contributed by atoms with Gasteiger partial charge >= 0.3 is 0 Å². The summed E-state index contributed by atoms with van der Waals surface area (Å²) in [5.41, 5.74) is 7.52. The molecule has 4 aliphatic heterocycles. The number of nitrogens with zero attached hydrogens (tertiary/aromatic N) is 6. The molecule has 0 aliphatic carbocycles. The fourth-order valence-electron chi connectivity index (χ4n) is 8.38. The molecule has 1 aromatic heterocycles. The average Bonchev–Trinajstić information content (AvgIpc) is 3.44. The van der Waals surface area contributed by atoms with Gasteiger partial charge in [0.2, 0.25) is 17.7 Å². The molecular formula is C41H42Cl2N6O4. The zero-order valence-corrected chi connectivity index (χ0v) is 31.7. The minimum atomic E-state index is -0.0870. The molecule has 8 rings (SSSR count). The average molecular weight is 754 g/mol. The van der Waals surface area contributed by atoms with Crippen LogP contribution in [0.1, 0.15) is 40.9 Å². The second-order valence-electron chi connectivity index (χ2n) is 14.9. The molecule has 0 radical (unpaired) electrons. The number of aromatic nitrogens is 1. The van der Waals surface area contributed by atoms with E-state index in [-0.39, 0.29) is 23.1 Å². The molecule has 3 saturated heterocycles. The summed E-state index contributed by atoms with van der Waals surface area (Å²) in [6, 6.07) is 21.6. The van der Waals surface area contributed by atoms with Crippen LogP contribution in [0.25, 0.3) is 22.4 Å². The third-order valence-corrected chi connectivity index (χ3v) is 12.0. The second kappa shape index (κ2) is 14.1. The van der Waals surface area contributed by atoms with Gasteiger partial charge < -0.3 is 19.4 Å². The van der Waals surface area contributed by atoms with Crippen LogP contribution < -0.4 is 9.64 Å². The topological polar surface area (TPSA) is 89.5 Å². The Bertz CT molecular complexity index is 2120. The molecule has 1 spiro atoms.